The fourth-order valence-corrected chi connectivity index (χ4v) is 2.28. The second kappa shape index (κ2) is 8.34. The largest absolute Gasteiger partial charge is 0.508 e. The van der Waals surface area contributed by atoms with Crippen molar-refractivity contribution in [1.29, 1.82) is 0 Å². The van der Waals surface area contributed by atoms with Gasteiger partial charge in [0.2, 0.25) is 0 Å². The highest BCUT2D eigenvalue weighted by molar-refractivity contribution is 14.1. The second-order valence-corrected chi connectivity index (χ2v) is 5.39. The molecule has 1 aromatic carbocycles. The Kier molecular flexibility index (Phi) is 7.08. The molecule has 4 heteroatoms. The van der Waals surface area contributed by atoms with Gasteiger partial charge in [0, 0.05) is 17.7 Å². The maximum Gasteiger partial charge on any atom is 0.251 e. The second-order valence-electron chi connectivity index (χ2n) is 4.31. The number of phenols is 1. The van der Waals surface area contributed by atoms with Crippen molar-refractivity contribution in [2.45, 2.75) is 32.6 Å². The van der Waals surface area contributed by atoms with Crippen LogP contribution in [0.15, 0.2) is 18.2 Å². The Morgan fingerprint density at radius 3 is 2.72 bits per heavy atom. The summed E-state index contributed by atoms with van der Waals surface area (Å²) >= 11 is 2.38. The van der Waals surface area contributed by atoms with Gasteiger partial charge in [-0.25, -0.2) is 0 Å². The van der Waals surface area contributed by atoms with Crippen LogP contribution >= 0.6 is 22.6 Å². The molecule has 0 bridgehead atoms. The maximum absolute atomic E-state index is 11.9. The molecule has 0 heterocycles. The molecule has 0 saturated carbocycles. The molecule has 0 atom stereocenters. The number of hydrogen-bond donors (Lipinski definition) is 2. The summed E-state index contributed by atoms with van der Waals surface area (Å²) < 4.78 is 1.20. The van der Waals surface area contributed by atoms with Gasteiger partial charge in [-0.15, -0.1) is 0 Å². The third-order valence-electron chi connectivity index (χ3n) is 2.90. The molecule has 0 saturated heterocycles. The average molecular weight is 361 g/mol. The summed E-state index contributed by atoms with van der Waals surface area (Å²) in [5.74, 6) is 0.0713. The molecule has 100 valence electrons. The number of rotatable bonds is 7. The van der Waals surface area contributed by atoms with Gasteiger partial charge in [0.1, 0.15) is 5.75 Å². The van der Waals surface area contributed by atoms with E-state index in [-0.39, 0.29) is 11.7 Å². The third-order valence-corrected chi connectivity index (χ3v) is 3.66. The number of alkyl halides is 1. The molecule has 1 amide bonds. The minimum Gasteiger partial charge on any atom is -0.508 e. The van der Waals surface area contributed by atoms with Gasteiger partial charge in [-0.1, -0.05) is 41.5 Å². The minimum atomic E-state index is -0.0997. The molecule has 0 aliphatic rings. The Labute approximate surface area is 122 Å². The average Bonchev–Trinajstić information content (AvgIpc) is 2.36. The van der Waals surface area contributed by atoms with E-state index in [4.69, 9.17) is 0 Å². The smallest absolute Gasteiger partial charge is 0.251 e. The number of amides is 1. The quantitative estimate of drug-likeness (QED) is 0.444. The van der Waals surface area contributed by atoms with E-state index >= 15 is 0 Å². The highest BCUT2D eigenvalue weighted by Gasteiger charge is 2.10. The lowest BCUT2D eigenvalue weighted by atomic mass is 10.1. The number of phenolic OH excluding ortho intramolecular Hbond substituents is 1. The molecule has 0 fully saturated rings. The van der Waals surface area contributed by atoms with E-state index in [1.54, 1.807) is 25.1 Å². The van der Waals surface area contributed by atoms with Crippen LogP contribution < -0.4 is 5.32 Å². The van der Waals surface area contributed by atoms with E-state index in [0.29, 0.717) is 17.7 Å². The SMILES string of the molecule is Cc1c(O)cccc1C(=O)NCCCCCCI. The van der Waals surface area contributed by atoms with Gasteiger partial charge in [0.15, 0.2) is 0 Å². The van der Waals surface area contributed by atoms with Crippen molar-refractivity contribution in [3.8, 4) is 5.75 Å². The highest BCUT2D eigenvalue weighted by Crippen LogP contribution is 2.19. The summed E-state index contributed by atoms with van der Waals surface area (Å²) in [6, 6.07) is 5.02. The van der Waals surface area contributed by atoms with Crippen LogP contribution in [-0.4, -0.2) is 22.0 Å². The van der Waals surface area contributed by atoms with Gasteiger partial charge < -0.3 is 10.4 Å². The predicted octanol–water partition coefficient (Wildman–Crippen LogP) is 3.43. The molecule has 0 unspecified atom stereocenters. The summed E-state index contributed by atoms with van der Waals surface area (Å²) in [5.41, 5.74) is 1.20. The highest BCUT2D eigenvalue weighted by atomic mass is 127. The van der Waals surface area contributed by atoms with Gasteiger partial charge in [0.05, 0.1) is 0 Å². The zero-order valence-corrected chi connectivity index (χ0v) is 12.9. The first-order chi connectivity index (χ1) is 8.66. The monoisotopic (exact) mass is 361 g/mol. The topological polar surface area (TPSA) is 49.3 Å². The normalized spacial score (nSPS) is 10.3. The predicted molar refractivity (Wildman–Crippen MR) is 82.5 cm³/mol. The van der Waals surface area contributed by atoms with Gasteiger partial charge in [-0.2, -0.15) is 0 Å². The molecular weight excluding hydrogens is 341 g/mol. The number of aromatic hydroxyl groups is 1. The van der Waals surface area contributed by atoms with Crippen molar-refractivity contribution in [2.75, 3.05) is 11.0 Å². The number of unbranched alkanes of at least 4 members (excludes halogenated alkanes) is 3. The molecule has 1 aromatic rings. The summed E-state index contributed by atoms with van der Waals surface area (Å²) in [4.78, 5) is 11.9. The first kappa shape index (κ1) is 15.3. The van der Waals surface area contributed by atoms with Crippen molar-refractivity contribution in [3.63, 3.8) is 0 Å². The number of nitrogens with one attached hydrogen (secondary N) is 1. The lowest BCUT2D eigenvalue weighted by molar-refractivity contribution is 0.0952. The molecule has 1 rings (SSSR count). The van der Waals surface area contributed by atoms with Gasteiger partial charge in [-0.05, 0) is 36.3 Å². The Hall–Kier alpha value is -0.780. The number of benzene rings is 1. The zero-order chi connectivity index (χ0) is 13.4. The number of halogens is 1. The van der Waals surface area contributed by atoms with E-state index in [9.17, 15) is 9.90 Å². The van der Waals surface area contributed by atoms with Crippen LogP contribution in [0.25, 0.3) is 0 Å². The molecule has 0 aliphatic carbocycles. The van der Waals surface area contributed by atoms with Crippen molar-refractivity contribution < 1.29 is 9.90 Å². The van der Waals surface area contributed by atoms with Crippen LogP contribution in [-0.2, 0) is 0 Å². The summed E-state index contributed by atoms with van der Waals surface area (Å²) in [5, 5.41) is 12.4. The van der Waals surface area contributed by atoms with E-state index < -0.39 is 0 Å². The van der Waals surface area contributed by atoms with Crippen molar-refractivity contribution >= 4 is 28.5 Å². The van der Waals surface area contributed by atoms with E-state index in [0.717, 1.165) is 12.8 Å². The molecule has 0 spiro atoms. The molecule has 0 radical (unpaired) electrons. The lowest BCUT2D eigenvalue weighted by Crippen LogP contribution is -2.25. The van der Waals surface area contributed by atoms with E-state index in [1.807, 2.05) is 0 Å². The summed E-state index contributed by atoms with van der Waals surface area (Å²) in [6.07, 6.45) is 4.65. The molecule has 3 nitrogen and oxygen atoms in total. The fourth-order valence-electron chi connectivity index (χ4n) is 1.74. The lowest BCUT2D eigenvalue weighted by Gasteiger charge is -2.08. The maximum atomic E-state index is 11.9. The van der Waals surface area contributed by atoms with Crippen LogP contribution in [0, 0.1) is 6.92 Å². The van der Waals surface area contributed by atoms with Crippen LogP contribution in [0.4, 0.5) is 0 Å². The van der Waals surface area contributed by atoms with Crippen LogP contribution in [0.3, 0.4) is 0 Å². The number of carbonyl (C=O) groups excluding carboxylic acids is 1. The summed E-state index contributed by atoms with van der Waals surface area (Å²) in [7, 11) is 0. The van der Waals surface area contributed by atoms with Crippen molar-refractivity contribution in [2.24, 2.45) is 0 Å². The third kappa shape index (κ3) is 4.84. The minimum absolute atomic E-state index is 0.0997. The Bertz CT molecular complexity index is 393. The Balaban J connectivity index is 2.35. The fraction of sp³-hybridized carbons (Fsp3) is 0.500. The van der Waals surface area contributed by atoms with E-state index in [1.165, 1.54) is 17.3 Å². The summed E-state index contributed by atoms with van der Waals surface area (Å²) in [6.45, 7) is 2.46. The number of carbonyl (C=O) groups is 1. The Morgan fingerprint density at radius 1 is 1.28 bits per heavy atom. The first-order valence-corrected chi connectivity index (χ1v) is 7.82. The van der Waals surface area contributed by atoms with E-state index in [2.05, 4.69) is 27.9 Å². The van der Waals surface area contributed by atoms with Gasteiger partial charge in [0.25, 0.3) is 5.91 Å². The van der Waals surface area contributed by atoms with Gasteiger partial charge in [-0.3, -0.25) is 4.79 Å². The molecule has 0 aromatic heterocycles. The zero-order valence-electron chi connectivity index (χ0n) is 10.7. The molecule has 18 heavy (non-hydrogen) atoms. The standard InChI is InChI=1S/C14H20INO2/c1-11-12(7-6-8-13(11)17)14(18)16-10-5-3-2-4-9-15/h6-8,17H,2-5,9-10H2,1H3,(H,16,18). The molecule has 0 aliphatic heterocycles. The van der Waals surface area contributed by atoms with Gasteiger partial charge >= 0.3 is 0 Å². The number of hydrogen-bond acceptors (Lipinski definition) is 2. The first-order valence-electron chi connectivity index (χ1n) is 6.29. The van der Waals surface area contributed by atoms with Crippen LogP contribution in [0.1, 0.15) is 41.6 Å². The van der Waals surface area contributed by atoms with Crippen molar-refractivity contribution in [3.05, 3.63) is 29.3 Å². The van der Waals surface area contributed by atoms with Crippen molar-refractivity contribution in [1.82, 2.24) is 5.32 Å². The van der Waals surface area contributed by atoms with Crippen LogP contribution in [0.2, 0.25) is 0 Å². The molecular formula is C14H20INO2. The van der Waals surface area contributed by atoms with Crippen LogP contribution in [0.5, 0.6) is 5.75 Å². The molecule has 2 N–H and O–H groups in total. The Morgan fingerprint density at radius 2 is 2.00 bits per heavy atom.